The van der Waals surface area contributed by atoms with Crippen LogP contribution in [0.25, 0.3) is 0 Å². The second-order valence-electron chi connectivity index (χ2n) is 7.36. The summed E-state index contributed by atoms with van der Waals surface area (Å²) in [5.74, 6) is -2.12. The molecule has 1 saturated heterocycles. The van der Waals surface area contributed by atoms with Gasteiger partial charge in [-0.15, -0.1) is 11.3 Å². The molecule has 2 aromatic rings. The van der Waals surface area contributed by atoms with Gasteiger partial charge in [0.2, 0.25) is 0 Å². The SMILES string of the molecule is COC(=O)C1=C(CN2CCOCC2)NC(c2nccs2)=N[C@]1(C)c1ccc(F)c(F)c1. The lowest BCUT2D eigenvalue weighted by molar-refractivity contribution is -0.137. The molecule has 2 aliphatic rings. The van der Waals surface area contributed by atoms with Gasteiger partial charge in [-0.1, -0.05) is 6.07 Å². The highest BCUT2D eigenvalue weighted by Gasteiger charge is 2.43. The maximum Gasteiger partial charge on any atom is 0.338 e. The van der Waals surface area contributed by atoms with E-state index in [9.17, 15) is 13.6 Å². The van der Waals surface area contributed by atoms with Crippen molar-refractivity contribution in [1.82, 2.24) is 15.2 Å². The summed E-state index contributed by atoms with van der Waals surface area (Å²) in [5.41, 5.74) is -0.147. The molecule has 0 saturated carbocycles. The Morgan fingerprint density at radius 2 is 2.10 bits per heavy atom. The molecule has 1 aromatic carbocycles. The first-order valence-electron chi connectivity index (χ1n) is 9.76. The number of thiazole rings is 1. The number of ether oxygens (including phenoxy) is 2. The molecule has 10 heteroatoms. The number of halogens is 2. The molecule has 2 aliphatic heterocycles. The first kappa shape index (κ1) is 21.5. The molecule has 1 fully saturated rings. The molecule has 0 unspecified atom stereocenters. The van der Waals surface area contributed by atoms with Crippen LogP contribution in [0.4, 0.5) is 8.78 Å². The fraction of sp³-hybridized carbons (Fsp3) is 0.381. The van der Waals surface area contributed by atoms with Crippen molar-refractivity contribution in [1.29, 1.82) is 0 Å². The fourth-order valence-electron chi connectivity index (χ4n) is 3.78. The van der Waals surface area contributed by atoms with Gasteiger partial charge in [-0.3, -0.25) is 4.90 Å². The number of morpholine rings is 1. The van der Waals surface area contributed by atoms with Gasteiger partial charge in [0.15, 0.2) is 22.5 Å². The summed E-state index contributed by atoms with van der Waals surface area (Å²) in [5, 5.41) is 5.68. The lowest BCUT2D eigenvalue weighted by Gasteiger charge is -2.37. The van der Waals surface area contributed by atoms with Crippen molar-refractivity contribution in [3.8, 4) is 0 Å². The monoisotopic (exact) mass is 448 g/mol. The number of nitrogens with zero attached hydrogens (tertiary/aromatic N) is 3. The van der Waals surface area contributed by atoms with Crippen molar-refractivity contribution < 1.29 is 23.0 Å². The quantitative estimate of drug-likeness (QED) is 0.709. The summed E-state index contributed by atoms with van der Waals surface area (Å²) in [6, 6.07) is 3.54. The molecule has 31 heavy (non-hydrogen) atoms. The first-order valence-corrected chi connectivity index (χ1v) is 10.6. The number of carbonyl (C=O) groups excluding carboxylic acids is 1. The minimum atomic E-state index is -1.31. The zero-order chi connectivity index (χ0) is 22.0. The maximum atomic E-state index is 14.2. The lowest BCUT2D eigenvalue weighted by Crippen LogP contribution is -2.46. The highest BCUT2D eigenvalue weighted by atomic mass is 32.1. The fourth-order valence-corrected chi connectivity index (χ4v) is 4.36. The third-order valence-electron chi connectivity index (χ3n) is 5.38. The van der Waals surface area contributed by atoms with Crippen molar-refractivity contribution in [3.05, 3.63) is 63.3 Å². The van der Waals surface area contributed by atoms with Crippen LogP contribution in [-0.4, -0.2) is 61.6 Å². The molecule has 1 atom stereocenters. The molecule has 7 nitrogen and oxygen atoms in total. The van der Waals surface area contributed by atoms with Gasteiger partial charge in [0.25, 0.3) is 0 Å². The Kier molecular flexibility index (Phi) is 6.12. The number of aromatic nitrogens is 1. The standard InChI is InChI=1S/C21H22F2N4O3S/c1-21(13-3-4-14(22)15(23)11-13)17(20(28)29-2)16(12-27-6-8-30-9-7-27)25-18(26-21)19-24-5-10-31-19/h3-5,10-11H,6-9,12H2,1-2H3,(H,25,26)/t21-/m1/s1. The van der Waals surface area contributed by atoms with E-state index in [0.29, 0.717) is 55.0 Å². The van der Waals surface area contributed by atoms with E-state index < -0.39 is 23.1 Å². The lowest BCUT2D eigenvalue weighted by atomic mass is 9.82. The van der Waals surface area contributed by atoms with Crippen molar-refractivity contribution >= 4 is 23.1 Å². The van der Waals surface area contributed by atoms with Crippen molar-refractivity contribution in [2.75, 3.05) is 40.0 Å². The molecule has 164 valence electrons. The third-order valence-corrected chi connectivity index (χ3v) is 6.16. The normalized spacial score (nSPS) is 22.1. The van der Waals surface area contributed by atoms with E-state index in [0.717, 1.165) is 12.1 Å². The zero-order valence-corrected chi connectivity index (χ0v) is 18.0. The average Bonchev–Trinajstić information content (AvgIpc) is 3.31. The summed E-state index contributed by atoms with van der Waals surface area (Å²) < 4.78 is 38.3. The van der Waals surface area contributed by atoms with Crippen LogP contribution in [0.5, 0.6) is 0 Å². The van der Waals surface area contributed by atoms with E-state index in [1.807, 2.05) is 5.38 Å². The van der Waals surface area contributed by atoms with E-state index in [2.05, 4.69) is 15.2 Å². The predicted octanol–water partition coefficient (Wildman–Crippen LogP) is 2.45. The number of benzene rings is 1. The topological polar surface area (TPSA) is 76.0 Å². The van der Waals surface area contributed by atoms with E-state index in [4.69, 9.17) is 14.5 Å². The second-order valence-corrected chi connectivity index (χ2v) is 8.25. The number of carbonyl (C=O) groups is 1. The van der Waals surface area contributed by atoms with Crippen LogP contribution < -0.4 is 5.32 Å². The molecule has 1 aromatic heterocycles. The predicted molar refractivity (Wildman–Crippen MR) is 112 cm³/mol. The average molecular weight is 448 g/mol. The Morgan fingerprint density at radius 3 is 2.74 bits per heavy atom. The van der Waals surface area contributed by atoms with E-state index in [-0.39, 0.29) is 5.57 Å². The van der Waals surface area contributed by atoms with Crippen LogP contribution in [0.1, 0.15) is 17.5 Å². The minimum Gasteiger partial charge on any atom is -0.466 e. The highest BCUT2D eigenvalue weighted by Crippen LogP contribution is 2.39. The summed E-state index contributed by atoms with van der Waals surface area (Å²) in [4.78, 5) is 24.2. The van der Waals surface area contributed by atoms with Crippen molar-refractivity contribution in [2.24, 2.45) is 4.99 Å². The van der Waals surface area contributed by atoms with Gasteiger partial charge >= 0.3 is 5.97 Å². The molecular weight excluding hydrogens is 426 g/mol. The number of methoxy groups -OCH3 is 1. The van der Waals surface area contributed by atoms with Gasteiger partial charge in [-0.05, 0) is 24.6 Å². The van der Waals surface area contributed by atoms with Crippen molar-refractivity contribution in [3.63, 3.8) is 0 Å². The van der Waals surface area contributed by atoms with Gasteiger partial charge in [0.1, 0.15) is 5.54 Å². The van der Waals surface area contributed by atoms with Crippen LogP contribution >= 0.6 is 11.3 Å². The zero-order valence-electron chi connectivity index (χ0n) is 17.2. The van der Waals surface area contributed by atoms with Crippen molar-refractivity contribution in [2.45, 2.75) is 12.5 Å². The van der Waals surface area contributed by atoms with Gasteiger partial charge in [0.05, 0.1) is 25.9 Å². The smallest absolute Gasteiger partial charge is 0.338 e. The number of amidine groups is 1. The molecule has 0 radical (unpaired) electrons. The molecule has 1 N–H and O–H groups in total. The Labute approximate surface area is 182 Å². The molecule has 3 heterocycles. The first-order chi connectivity index (χ1) is 14.9. The Balaban J connectivity index is 1.87. The minimum absolute atomic E-state index is 0.243. The number of aliphatic imine (C=N–C) groups is 1. The number of esters is 1. The molecule has 4 rings (SSSR count). The van der Waals surface area contributed by atoms with Gasteiger partial charge in [-0.25, -0.2) is 23.6 Å². The maximum absolute atomic E-state index is 14.2. The van der Waals surface area contributed by atoms with E-state index >= 15 is 0 Å². The molecule has 0 amide bonds. The molecule has 0 spiro atoms. The van der Waals surface area contributed by atoms with Crippen LogP contribution in [0.15, 0.2) is 46.0 Å². The highest BCUT2D eigenvalue weighted by molar-refractivity contribution is 7.11. The number of rotatable bonds is 5. The van der Waals surface area contributed by atoms with E-state index in [1.165, 1.54) is 24.5 Å². The van der Waals surface area contributed by atoms with Crippen LogP contribution in [0.2, 0.25) is 0 Å². The Bertz CT molecular complexity index is 1040. The number of hydrogen-bond acceptors (Lipinski definition) is 8. The summed E-state index contributed by atoms with van der Waals surface area (Å²) >= 11 is 1.38. The Hall–Kier alpha value is -2.69. The van der Waals surface area contributed by atoms with Crippen LogP contribution in [0, 0.1) is 11.6 Å². The summed E-state index contributed by atoms with van der Waals surface area (Å²) in [6.07, 6.45) is 1.65. The largest absolute Gasteiger partial charge is 0.466 e. The van der Waals surface area contributed by atoms with Crippen LogP contribution in [-0.2, 0) is 19.8 Å². The third kappa shape index (κ3) is 4.23. The number of nitrogens with one attached hydrogen (secondary N) is 1. The summed E-state index contributed by atoms with van der Waals surface area (Å²) in [7, 11) is 1.29. The Morgan fingerprint density at radius 1 is 1.32 bits per heavy atom. The van der Waals surface area contributed by atoms with Gasteiger partial charge < -0.3 is 14.8 Å². The molecule has 0 bridgehead atoms. The molecule has 0 aliphatic carbocycles. The van der Waals surface area contributed by atoms with Crippen LogP contribution in [0.3, 0.4) is 0 Å². The van der Waals surface area contributed by atoms with E-state index in [1.54, 1.807) is 13.1 Å². The summed E-state index contributed by atoms with van der Waals surface area (Å²) in [6.45, 7) is 4.69. The molecular formula is C21H22F2N4O3S. The van der Waals surface area contributed by atoms with Gasteiger partial charge in [-0.2, -0.15) is 0 Å². The number of hydrogen-bond donors (Lipinski definition) is 1. The van der Waals surface area contributed by atoms with Gasteiger partial charge in [0, 0.05) is 36.9 Å². The second kappa shape index (κ2) is 8.81.